The van der Waals surface area contributed by atoms with Gasteiger partial charge in [-0.3, -0.25) is 5.43 Å². The van der Waals surface area contributed by atoms with E-state index in [0.29, 0.717) is 5.02 Å². The summed E-state index contributed by atoms with van der Waals surface area (Å²) >= 11 is 5.88. The standard InChI is InChI=1S/C13H18ClN3/c1-4-13(15)9(2)10(3)16-17-12-7-5-6-11(14)8-12/h5-8,17H,4,15H2,1-3H3. The van der Waals surface area contributed by atoms with Crippen molar-refractivity contribution in [3.05, 3.63) is 40.6 Å². The van der Waals surface area contributed by atoms with Crippen LogP contribution in [0.5, 0.6) is 0 Å². The second-order valence-electron chi connectivity index (χ2n) is 3.82. The maximum atomic E-state index is 5.88. The lowest BCUT2D eigenvalue weighted by Gasteiger charge is -2.06. The molecule has 0 aromatic heterocycles. The van der Waals surface area contributed by atoms with E-state index in [9.17, 15) is 0 Å². The zero-order valence-corrected chi connectivity index (χ0v) is 11.2. The second kappa shape index (κ2) is 6.30. The van der Waals surface area contributed by atoms with Gasteiger partial charge in [0.05, 0.1) is 11.4 Å². The fourth-order valence-corrected chi connectivity index (χ4v) is 1.48. The maximum absolute atomic E-state index is 5.88. The molecule has 4 heteroatoms. The van der Waals surface area contributed by atoms with Crippen LogP contribution >= 0.6 is 11.6 Å². The highest BCUT2D eigenvalue weighted by Crippen LogP contribution is 2.15. The zero-order chi connectivity index (χ0) is 12.8. The molecule has 3 nitrogen and oxygen atoms in total. The van der Waals surface area contributed by atoms with E-state index in [-0.39, 0.29) is 0 Å². The monoisotopic (exact) mass is 251 g/mol. The van der Waals surface area contributed by atoms with Crippen LogP contribution in [0.1, 0.15) is 27.2 Å². The van der Waals surface area contributed by atoms with Crippen molar-refractivity contribution >= 4 is 23.0 Å². The van der Waals surface area contributed by atoms with E-state index in [4.69, 9.17) is 17.3 Å². The first-order valence-corrected chi connectivity index (χ1v) is 5.93. The highest BCUT2D eigenvalue weighted by Gasteiger charge is 2.00. The number of hydrogen-bond acceptors (Lipinski definition) is 3. The van der Waals surface area contributed by atoms with Gasteiger partial charge in [0, 0.05) is 10.7 Å². The molecule has 0 spiro atoms. The number of hydrazone groups is 1. The Kier molecular flexibility index (Phi) is 5.04. The Balaban J connectivity index is 2.78. The molecule has 0 saturated carbocycles. The molecule has 0 saturated heterocycles. The molecule has 1 aromatic carbocycles. The van der Waals surface area contributed by atoms with Crippen LogP contribution < -0.4 is 11.2 Å². The summed E-state index contributed by atoms with van der Waals surface area (Å²) in [6, 6.07) is 7.42. The highest BCUT2D eigenvalue weighted by molar-refractivity contribution is 6.30. The molecule has 92 valence electrons. The number of allylic oxidation sites excluding steroid dienone is 2. The zero-order valence-electron chi connectivity index (χ0n) is 10.4. The largest absolute Gasteiger partial charge is 0.402 e. The van der Waals surface area contributed by atoms with Gasteiger partial charge in [-0.15, -0.1) is 0 Å². The first kappa shape index (κ1) is 13.6. The van der Waals surface area contributed by atoms with Crippen LogP contribution in [0.4, 0.5) is 5.69 Å². The first-order valence-electron chi connectivity index (χ1n) is 5.56. The lowest BCUT2D eigenvalue weighted by Crippen LogP contribution is -2.07. The molecule has 1 aromatic rings. The van der Waals surface area contributed by atoms with Crippen LogP contribution in [0.15, 0.2) is 40.6 Å². The van der Waals surface area contributed by atoms with E-state index >= 15 is 0 Å². The minimum atomic E-state index is 0.684. The number of nitrogens with one attached hydrogen (secondary N) is 1. The van der Waals surface area contributed by atoms with Crippen molar-refractivity contribution in [1.82, 2.24) is 0 Å². The van der Waals surface area contributed by atoms with Crippen LogP contribution in [0.25, 0.3) is 0 Å². The summed E-state index contributed by atoms with van der Waals surface area (Å²) in [6.07, 6.45) is 0.829. The number of benzene rings is 1. The molecule has 0 atom stereocenters. The predicted octanol–water partition coefficient (Wildman–Crippen LogP) is 3.77. The highest BCUT2D eigenvalue weighted by atomic mass is 35.5. The van der Waals surface area contributed by atoms with Crippen molar-refractivity contribution in [2.24, 2.45) is 10.8 Å². The molecule has 0 unspecified atom stereocenters. The number of hydrogen-bond donors (Lipinski definition) is 2. The lowest BCUT2D eigenvalue weighted by atomic mass is 10.1. The molecule has 1 rings (SSSR count). The van der Waals surface area contributed by atoms with E-state index in [1.54, 1.807) is 0 Å². The van der Waals surface area contributed by atoms with Gasteiger partial charge in [0.15, 0.2) is 0 Å². The van der Waals surface area contributed by atoms with E-state index < -0.39 is 0 Å². The molecule has 0 heterocycles. The van der Waals surface area contributed by atoms with Crippen molar-refractivity contribution < 1.29 is 0 Å². The minimum absolute atomic E-state index is 0.684. The summed E-state index contributed by atoms with van der Waals surface area (Å²) in [4.78, 5) is 0. The third kappa shape index (κ3) is 4.11. The summed E-state index contributed by atoms with van der Waals surface area (Å²) in [5.74, 6) is 0. The number of nitrogens with zero attached hydrogens (tertiary/aromatic N) is 1. The van der Waals surface area contributed by atoms with Crippen molar-refractivity contribution in [3.63, 3.8) is 0 Å². The number of rotatable bonds is 4. The van der Waals surface area contributed by atoms with Crippen molar-refractivity contribution in [2.45, 2.75) is 27.2 Å². The number of nitrogens with two attached hydrogens (primary N) is 1. The smallest absolute Gasteiger partial charge is 0.0622 e. The molecule has 0 radical (unpaired) electrons. The minimum Gasteiger partial charge on any atom is -0.402 e. The molecule has 0 aliphatic heterocycles. The van der Waals surface area contributed by atoms with Gasteiger partial charge in [-0.1, -0.05) is 24.6 Å². The Morgan fingerprint density at radius 1 is 1.41 bits per heavy atom. The Labute approximate surface area is 107 Å². The van der Waals surface area contributed by atoms with Crippen molar-refractivity contribution in [1.29, 1.82) is 0 Å². The molecule has 0 aliphatic carbocycles. The Hall–Kier alpha value is -1.48. The summed E-state index contributed by atoms with van der Waals surface area (Å²) in [6.45, 7) is 5.92. The van der Waals surface area contributed by atoms with Gasteiger partial charge >= 0.3 is 0 Å². The molecular formula is C13H18ClN3. The van der Waals surface area contributed by atoms with Gasteiger partial charge in [0.25, 0.3) is 0 Å². The van der Waals surface area contributed by atoms with E-state index in [0.717, 1.165) is 29.1 Å². The van der Waals surface area contributed by atoms with Crippen LogP contribution in [0.2, 0.25) is 5.02 Å². The summed E-state index contributed by atoms with van der Waals surface area (Å²) < 4.78 is 0. The summed E-state index contributed by atoms with van der Waals surface area (Å²) in [5.41, 5.74) is 12.4. The molecule has 3 N–H and O–H groups in total. The normalized spacial score (nSPS) is 13.3. The molecular weight excluding hydrogens is 234 g/mol. The average molecular weight is 252 g/mol. The van der Waals surface area contributed by atoms with Crippen molar-refractivity contribution in [3.8, 4) is 0 Å². The van der Waals surface area contributed by atoms with Crippen LogP contribution in [0, 0.1) is 0 Å². The lowest BCUT2D eigenvalue weighted by molar-refractivity contribution is 1.04. The van der Waals surface area contributed by atoms with Gasteiger partial charge in [0.1, 0.15) is 0 Å². The molecule has 0 amide bonds. The van der Waals surface area contributed by atoms with Crippen LogP contribution in [-0.2, 0) is 0 Å². The van der Waals surface area contributed by atoms with E-state index in [1.807, 2.05) is 45.0 Å². The fourth-order valence-electron chi connectivity index (χ4n) is 1.29. The maximum Gasteiger partial charge on any atom is 0.0622 e. The molecule has 17 heavy (non-hydrogen) atoms. The Morgan fingerprint density at radius 3 is 2.71 bits per heavy atom. The summed E-state index contributed by atoms with van der Waals surface area (Å²) in [7, 11) is 0. The van der Waals surface area contributed by atoms with Gasteiger partial charge < -0.3 is 5.73 Å². The number of halogens is 1. The fraction of sp³-hybridized carbons (Fsp3) is 0.308. The Morgan fingerprint density at radius 2 is 2.12 bits per heavy atom. The van der Waals surface area contributed by atoms with Gasteiger partial charge in [0.2, 0.25) is 0 Å². The SMILES string of the molecule is CCC(N)=C(C)C(C)=NNc1cccc(Cl)c1. The average Bonchev–Trinajstić information content (AvgIpc) is 2.34. The Bertz CT molecular complexity index is 450. The predicted molar refractivity (Wildman–Crippen MR) is 75.4 cm³/mol. The number of anilines is 1. The van der Waals surface area contributed by atoms with E-state index in [2.05, 4.69) is 10.5 Å². The van der Waals surface area contributed by atoms with Gasteiger partial charge in [-0.2, -0.15) is 5.10 Å². The topological polar surface area (TPSA) is 50.4 Å². The second-order valence-corrected chi connectivity index (χ2v) is 4.26. The van der Waals surface area contributed by atoms with Crippen molar-refractivity contribution in [2.75, 3.05) is 5.43 Å². The van der Waals surface area contributed by atoms with Crippen LogP contribution in [0.3, 0.4) is 0 Å². The van der Waals surface area contributed by atoms with E-state index in [1.165, 1.54) is 0 Å². The third-order valence-electron chi connectivity index (χ3n) is 2.58. The first-order chi connectivity index (χ1) is 8.04. The quantitative estimate of drug-likeness (QED) is 0.632. The van der Waals surface area contributed by atoms with Gasteiger partial charge in [-0.05, 0) is 44.0 Å². The van der Waals surface area contributed by atoms with Gasteiger partial charge in [-0.25, -0.2) is 0 Å². The summed E-state index contributed by atoms with van der Waals surface area (Å²) in [5, 5.41) is 4.96. The molecule has 0 aliphatic rings. The third-order valence-corrected chi connectivity index (χ3v) is 2.82. The molecule has 0 bridgehead atoms. The van der Waals surface area contributed by atoms with Crippen LogP contribution in [-0.4, -0.2) is 5.71 Å². The molecule has 0 fully saturated rings.